The van der Waals surface area contributed by atoms with Gasteiger partial charge in [0.1, 0.15) is 0 Å². The molecule has 0 bridgehead atoms. The van der Waals surface area contributed by atoms with Crippen LogP contribution in [0.2, 0.25) is 0 Å². The minimum absolute atomic E-state index is 0.0474. The van der Waals surface area contributed by atoms with Gasteiger partial charge in [-0.15, -0.1) is 0 Å². The molecule has 1 aromatic heterocycles. The van der Waals surface area contributed by atoms with Crippen LogP contribution in [0.1, 0.15) is 11.1 Å². The topological polar surface area (TPSA) is 61.4 Å². The second-order valence-electron chi connectivity index (χ2n) is 7.35. The van der Waals surface area contributed by atoms with Gasteiger partial charge in [-0.2, -0.15) is 0 Å². The zero-order chi connectivity index (χ0) is 20.9. The fraction of sp³-hybridized carbons (Fsp3) is 0.261. The smallest absolute Gasteiger partial charge is 0.321 e. The highest BCUT2D eigenvalue weighted by Crippen LogP contribution is 2.28. The molecule has 2 aromatic carbocycles. The predicted molar refractivity (Wildman–Crippen MR) is 121 cm³/mol. The van der Waals surface area contributed by atoms with Crippen LogP contribution in [0.5, 0.6) is 0 Å². The third-order valence-electron chi connectivity index (χ3n) is 5.12. The number of piperazine rings is 1. The number of aromatic nitrogens is 2. The molecule has 0 radical (unpaired) electrons. The summed E-state index contributed by atoms with van der Waals surface area (Å²) in [4.78, 5) is 26.5. The Morgan fingerprint density at radius 1 is 0.967 bits per heavy atom. The maximum atomic E-state index is 12.8. The Labute approximate surface area is 181 Å². The number of amides is 2. The van der Waals surface area contributed by atoms with Crippen molar-refractivity contribution in [2.45, 2.75) is 23.9 Å². The van der Waals surface area contributed by atoms with Gasteiger partial charge in [-0.3, -0.25) is 0 Å². The summed E-state index contributed by atoms with van der Waals surface area (Å²) in [6.45, 7) is 7.19. The van der Waals surface area contributed by atoms with Gasteiger partial charge in [0.05, 0.1) is 0 Å². The molecule has 30 heavy (non-hydrogen) atoms. The van der Waals surface area contributed by atoms with E-state index in [4.69, 9.17) is 0 Å². The molecule has 1 saturated heterocycles. The normalized spacial score (nSPS) is 13.9. The zero-order valence-electron chi connectivity index (χ0n) is 17.2. The van der Waals surface area contributed by atoms with Gasteiger partial charge in [-0.05, 0) is 73.1 Å². The molecule has 2 heterocycles. The average molecular weight is 420 g/mol. The molecule has 3 aromatic rings. The van der Waals surface area contributed by atoms with Crippen LogP contribution in [-0.2, 0) is 0 Å². The van der Waals surface area contributed by atoms with Gasteiger partial charge in [-0.25, -0.2) is 14.8 Å². The number of carbonyl (C=O) groups is 1. The largest absolute Gasteiger partial charge is 0.368 e. The minimum Gasteiger partial charge on any atom is -0.368 e. The summed E-state index contributed by atoms with van der Waals surface area (Å²) in [6.07, 6.45) is 3.46. The molecule has 1 N–H and O–H groups in total. The van der Waals surface area contributed by atoms with Gasteiger partial charge in [0.2, 0.25) is 0 Å². The summed E-state index contributed by atoms with van der Waals surface area (Å²) in [5.41, 5.74) is 4.33. The zero-order valence-corrected chi connectivity index (χ0v) is 18.0. The van der Waals surface area contributed by atoms with E-state index in [2.05, 4.69) is 51.4 Å². The number of anilines is 2. The molecule has 6 nitrogen and oxygen atoms in total. The highest BCUT2D eigenvalue weighted by atomic mass is 32.2. The van der Waals surface area contributed by atoms with E-state index in [1.807, 2.05) is 30.0 Å². The van der Waals surface area contributed by atoms with Crippen LogP contribution in [0.4, 0.5) is 16.2 Å². The molecule has 7 heteroatoms. The van der Waals surface area contributed by atoms with Crippen molar-refractivity contribution in [1.82, 2.24) is 14.9 Å². The van der Waals surface area contributed by atoms with Crippen LogP contribution < -0.4 is 10.2 Å². The van der Waals surface area contributed by atoms with Gasteiger partial charge < -0.3 is 15.1 Å². The Morgan fingerprint density at radius 3 is 2.43 bits per heavy atom. The molecule has 0 aliphatic carbocycles. The molecule has 2 amide bonds. The van der Waals surface area contributed by atoms with E-state index in [1.165, 1.54) is 23.0 Å². The number of rotatable bonds is 4. The van der Waals surface area contributed by atoms with E-state index in [0.717, 1.165) is 29.2 Å². The van der Waals surface area contributed by atoms with Gasteiger partial charge in [0.25, 0.3) is 0 Å². The first-order chi connectivity index (χ1) is 14.6. The number of aryl methyl sites for hydroxylation is 2. The fourth-order valence-corrected chi connectivity index (χ4v) is 4.28. The molecule has 0 saturated carbocycles. The lowest BCUT2D eigenvalue weighted by atomic mass is 10.2. The number of urea groups is 1. The maximum Gasteiger partial charge on any atom is 0.321 e. The Balaban J connectivity index is 1.34. The summed E-state index contributed by atoms with van der Waals surface area (Å²) in [5, 5.41) is 3.77. The fourth-order valence-electron chi connectivity index (χ4n) is 3.47. The molecule has 4 rings (SSSR count). The number of hydrogen-bond acceptors (Lipinski definition) is 5. The molecule has 0 atom stereocenters. The molecule has 1 fully saturated rings. The van der Waals surface area contributed by atoms with Crippen molar-refractivity contribution in [3.8, 4) is 0 Å². The third kappa shape index (κ3) is 4.91. The van der Waals surface area contributed by atoms with Crippen LogP contribution in [0, 0.1) is 13.8 Å². The summed E-state index contributed by atoms with van der Waals surface area (Å²) >= 11 is 1.51. The Hall–Kier alpha value is -3.06. The summed E-state index contributed by atoms with van der Waals surface area (Å²) < 4.78 is 0. The first-order valence-electron chi connectivity index (χ1n) is 10.0. The lowest BCUT2D eigenvalue weighted by Crippen LogP contribution is -2.50. The second kappa shape index (κ2) is 9.17. The van der Waals surface area contributed by atoms with Crippen molar-refractivity contribution in [2.75, 3.05) is 36.4 Å². The minimum atomic E-state index is -0.0474. The lowest BCUT2D eigenvalue weighted by molar-refractivity contribution is 0.208. The quantitative estimate of drug-likeness (QED) is 0.627. The van der Waals surface area contributed by atoms with E-state index in [1.54, 1.807) is 18.5 Å². The van der Waals surface area contributed by atoms with E-state index < -0.39 is 0 Å². The van der Waals surface area contributed by atoms with Crippen molar-refractivity contribution < 1.29 is 4.79 Å². The molecular weight excluding hydrogens is 394 g/mol. The monoisotopic (exact) mass is 419 g/mol. The molecule has 154 valence electrons. The van der Waals surface area contributed by atoms with E-state index in [0.29, 0.717) is 18.2 Å². The van der Waals surface area contributed by atoms with Gasteiger partial charge in [0.15, 0.2) is 5.16 Å². The van der Waals surface area contributed by atoms with Crippen LogP contribution in [0.15, 0.2) is 71.0 Å². The van der Waals surface area contributed by atoms with E-state index in [-0.39, 0.29) is 6.03 Å². The van der Waals surface area contributed by atoms with Crippen molar-refractivity contribution in [3.05, 3.63) is 72.1 Å². The maximum absolute atomic E-state index is 12.8. The molecular formula is C23H25N5OS. The van der Waals surface area contributed by atoms with Crippen LogP contribution >= 0.6 is 11.8 Å². The van der Waals surface area contributed by atoms with Gasteiger partial charge in [0, 0.05) is 54.8 Å². The third-order valence-corrected chi connectivity index (χ3v) is 6.01. The molecule has 0 spiro atoms. The molecule has 1 aliphatic rings. The van der Waals surface area contributed by atoms with Gasteiger partial charge in [-0.1, -0.05) is 12.1 Å². The highest BCUT2D eigenvalue weighted by Gasteiger charge is 2.21. The standard InChI is InChI=1S/C23H25N5OS/c1-17-5-3-6-19(15-17)27-11-13-28(14-12-27)23(29)26-21-8-7-20(16-18(21)2)30-22-24-9-4-10-25-22/h3-10,15-16H,11-14H2,1-2H3,(H,26,29). The van der Waals surface area contributed by atoms with Crippen molar-refractivity contribution >= 4 is 29.2 Å². The highest BCUT2D eigenvalue weighted by molar-refractivity contribution is 7.99. The summed E-state index contributed by atoms with van der Waals surface area (Å²) in [6, 6.07) is 16.2. The predicted octanol–water partition coefficient (Wildman–Crippen LogP) is 4.60. The van der Waals surface area contributed by atoms with Crippen LogP contribution in [0.25, 0.3) is 0 Å². The average Bonchev–Trinajstić information content (AvgIpc) is 2.76. The van der Waals surface area contributed by atoms with Crippen molar-refractivity contribution in [3.63, 3.8) is 0 Å². The first-order valence-corrected chi connectivity index (χ1v) is 10.8. The lowest BCUT2D eigenvalue weighted by Gasteiger charge is -2.36. The van der Waals surface area contributed by atoms with Gasteiger partial charge >= 0.3 is 6.03 Å². The SMILES string of the molecule is Cc1cccc(N2CCN(C(=O)Nc3ccc(Sc4ncccn4)cc3C)CC2)c1. The number of nitrogens with one attached hydrogen (secondary N) is 1. The summed E-state index contributed by atoms with van der Waals surface area (Å²) in [7, 11) is 0. The summed E-state index contributed by atoms with van der Waals surface area (Å²) in [5.74, 6) is 0. The second-order valence-corrected chi connectivity index (χ2v) is 8.39. The number of carbonyl (C=O) groups excluding carboxylic acids is 1. The van der Waals surface area contributed by atoms with Crippen LogP contribution in [-0.4, -0.2) is 47.1 Å². The van der Waals surface area contributed by atoms with Crippen molar-refractivity contribution in [2.24, 2.45) is 0 Å². The number of hydrogen-bond donors (Lipinski definition) is 1. The van der Waals surface area contributed by atoms with E-state index >= 15 is 0 Å². The first kappa shape index (κ1) is 20.2. The van der Waals surface area contributed by atoms with E-state index in [9.17, 15) is 4.79 Å². The Morgan fingerprint density at radius 2 is 1.73 bits per heavy atom. The Bertz CT molecular complexity index is 1020. The molecule has 1 aliphatic heterocycles. The number of benzene rings is 2. The Kier molecular flexibility index (Phi) is 6.18. The molecule has 0 unspecified atom stereocenters. The van der Waals surface area contributed by atoms with Crippen molar-refractivity contribution in [1.29, 1.82) is 0 Å². The van der Waals surface area contributed by atoms with Crippen LogP contribution in [0.3, 0.4) is 0 Å². The number of nitrogens with zero attached hydrogens (tertiary/aromatic N) is 4.